The van der Waals surface area contributed by atoms with E-state index in [1.807, 2.05) is 13.0 Å². The van der Waals surface area contributed by atoms with Gasteiger partial charge in [0.25, 0.3) is 0 Å². The number of aromatic amines is 1. The van der Waals surface area contributed by atoms with Crippen molar-refractivity contribution in [3.05, 3.63) is 11.8 Å². The molecule has 0 bridgehead atoms. The Kier molecular flexibility index (Phi) is 7.49. The van der Waals surface area contributed by atoms with Gasteiger partial charge in [0.05, 0.1) is 6.61 Å². The summed E-state index contributed by atoms with van der Waals surface area (Å²) in [7, 11) is 0. The van der Waals surface area contributed by atoms with Gasteiger partial charge < -0.3 is 10.1 Å². The van der Waals surface area contributed by atoms with Crippen molar-refractivity contribution in [2.75, 3.05) is 19.7 Å². The van der Waals surface area contributed by atoms with Crippen molar-refractivity contribution in [2.45, 2.75) is 46.5 Å². The highest BCUT2D eigenvalue weighted by molar-refractivity contribution is 5.11. The monoisotopic (exact) mass is 253 g/mol. The Bertz CT molecular complexity index is 310. The SMILES string of the molecule is Cc1cc(OCCCCCCNCC(C)C)n[nH]1. The van der Waals surface area contributed by atoms with Crippen molar-refractivity contribution in [2.24, 2.45) is 5.92 Å². The predicted octanol–water partition coefficient (Wildman–Crippen LogP) is 2.90. The number of rotatable bonds is 10. The van der Waals surface area contributed by atoms with Crippen molar-refractivity contribution in [3.8, 4) is 5.88 Å². The first-order valence-corrected chi connectivity index (χ1v) is 7.04. The molecule has 2 N–H and O–H groups in total. The van der Waals surface area contributed by atoms with E-state index in [0.29, 0.717) is 5.88 Å². The third kappa shape index (κ3) is 7.33. The highest BCUT2D eigenvalue weighted by atomic mass is 16.5. The molecule has 4 heteroatoms. The molecule has 0 radical (unpaired) electrons. The molecular formula is C14H27N3O. The van der Waals surface area contributed by atoms with Crippen LogP contribution < -0.4 is 10.1 Å². The standard InChI is InChI=1S/C14H27N3O/c1-12(2)11-15-8-6-4-5-7-9-18-14-10-13(3)16-17-14/h10,12,15H,4-9,11H2,1-3H3,(H,16,17). The summed E-state index contributed by atoms with van der Waals surface area (Å²) in [4.78, 5) is 0. The normalized spacial score (nSPS) is 11.1. The zero-order valence-corrected chi connectivity index (χ0v) is 12.0. The average Bonchev–Trinajstić information content (AvgIpc) is 2.72. The predicted molar refractivity (Wildman–Crippen MR) is 75.0 cm³/mol. The molecule has 104 valence electrons. The van der Waals surface area contributed by atoms with Crippen LogP contribution in [0.2, 0.25) is 0 Å². The molecule has 4 nitrogen and oxygen atoms in total. The maximum absolute atomic E-state index is 5.53. The van der Waals surface area contributed by atoms with Gasteiger partial charge in [-0.3, -0.25) is 5.10 Å². The summed E-state index contributed by atoms with van der Waals surface area (Å²) in [5, 5.41) is 10.4. The molecular weight excluding hydrogens is 226 g/mol. The molecule has 0 fully saturated rings. The molecule has 0 unspecified atom stereocenters. The molecule has 0 aromatic carbocycles. The van der Waals surface area contributed by atoms with Crippen LogP contribution in [-0.2, 0) is 0 Å². The van der Waals surface area contributed by atoms with Crippen LogP contribution in [0.1, 0.15) is 45.2 Å². The first-order chi connectivity index (χ1) is 8.68. The Labute approximate surface area is 111 Å². The average molecular weight is 253 g/mol. The molecule has 0 amide bonds. The number of hydrogen-bond donors (Lipinski definition) is 2. The van der Waals surface area contributed by atoms with Crippen LogP contribution in [0.4, 0.5) is 0 Å². The van der Waals surface area contributed by atoms with Crippen LogP contribution in [0.15, 0.2) is 6.07 Å². The number of hydrogen-bond acceptors (Lipinski definition) is 3. The van der Waals surface area contributed by atoms with Crippen molar-refractivity contribution in [1.29, 1.82) is 0 Å². The fraction of sp³-hybridized carbons (Fsp3) is 0.786. The molecule has 1 heterocycles. The third-order valence-electron chi connectivity index (χ3n) is 2.73. The molecule has 1 aromatic rings. The van der Waals surface area contributed by atoms with E-state index in [1.165, 1.54) is 19.3 Å². The summed E-state index contributed by atoms with van der Waals surface area (Å²) in [5.74, 6) is 1.46. The van der Waals surface area contributed by atoms with Gasteiger partial charge in [0.15, 0.2) is 0 Å². The second-order valence-electron chi connectivity index (χ2n) is 5.25. The number of unbranched alkanes of at least 4 members (excludes halogenated alkanes) is 3. The van der Waals surface area contributed by atoms with Gasteiger partial charge >= 0.3 is 0 Å². The lowest BCUT2D eigenvalue weighted by molar-refractivity contribution is 0.293. The van der Waals surface area contributed by atoms with Gasteiger partial charge in [-0.2, -0.15) is 0 Å². The van der Waals surface area contributed by atoms with Crippen LogP contribution in [0.3, 0.4) is 0 Å². The van der Waals surface area contributed by atoms with Crippen molar-refractivity contribution < 1.29 is 4.74 Å². The molecule has 0 aliphatic carbocycles. The van der Waals surface area contributed by atoms with Crippen molar-refractivity contribution >= 4 is 0 Å². The Morgan fingerprint density at radius 2 is 2.06 bits per heavy atom. The van der Waals surface area contributed by atoms with E-state index in [9.17, 15) is 0 Å². The highest BCUT2D eigenvalue weighted by Gasteiger charge is 1.98. The Morgan fingerprint density at radius 1 is 1.28 bits per heavy atom. The Hall–Kier alpha value is -1.03. The molecule has 0 saturated carbocycles. The first kappa shape index (κ1) is 15.0. The molecule has 0 spiro atoms. The molecule has 18 heavy (non-hydrogen) atoms. The summed E-state index contributed by atoms with van der Waals surface area (Å²) in [6, 6.07) is 1.93. The Balaban J connectivity index is 1.84. The van der Waals surface area contributed by atoms with E-state index in [-0.39, 0.29) is 0 Å². The number of aromatic nitrogens is 2. The number of H-pyrrole nitrogens is 1. The second-order valence-corrected chi connectivity index (χ2v) is 5.25. The number of nitrogens with one attached hydrogen (secondary N) is 2. The lowest BCUT2D eigenvalue weighted by atomic mass is 10.2. The zero-order valence-electron chi connectivity index (χ0n) is 12.0. The summed E-state index contributed by atoms with van der Waals surface area (Å²) >= 11 is 0. The minimum Gasteiger partial charge on any atom is -0.477 e. The maximum Gasteiger partial charge on any atom is 0.232 e. The van der Waals surface area contributed by atoms with Crippen LogP contribution in [-0.4, -0.2) is 29.9 Å². The van der Waals surface area contributed by atoms with E-state index in [0.717, 1.165) is 37.7 Å². The number of aryl methyl sites for hydroxylation is 1. The molecule has 0 aliphatic heterocycles. The summed E-state index contributed by atoms with van der Waals surface area (Å²) in [6.45, 7) is 9.48. The summed E-state index contributed by atoms with van der Waals surface area (Å²) < 4.78 is 5.53. The molecule has 0 aliphatic rings. The second kappa shape index (κ2) is 8.97. The van der Waals surface area contributed by atoms with E-state index < -0.39 is 0 Å². The topological polar surface area (TPSA) is 49.9 Å². The van der Waals surface area contributed by atoms with Gasteiger partial charge in [-0.25, -0.2) is 0 Å². The largest absolute Gasteiger partial charge is 0.477 e. The van der Waals surface area contributed by atoms with Gasteiger partial charge in [0.2, 0.25) is 5.88 Å². The van der Waals surface area contributed by atoms with Crippen LogP contribution >= 0.6 is 0 Å². The highest BCUT2D eigenvalue weighted by Crippen LogP contribution is 2.08. The van der Waals surface area contributed by atoms with Gasteiger partial charge in [-0.05, 0) is 38.8 Å². The molecule has 1 rings (SSSR count). The zero-order chi connectivity index (χ0) is 13.2. The fourth-order valence-corrected chi connectivity index (χ4v) is 1.74. The number of ether oxygens (including phenoxy) is 1. The number of nitrogens with zero attached hydrogens (tertiary/aromatic N) is 1. The molecule has 1 aromatic heterocycles. The van der Waals surface area contributed by atoms with Crippen LogP contribution in [0.25, 0.3) is 0 Å². The lowest BCUT2D eigenvalue weighted by Crippen LogP contribution is -2.20. The molecule has 0 saturated heterocycles. The lowest BCUT2D eigenvalue weighted by Gasteiger charge is -2.07. The molecule has 0 atom stereocenters. The van der Waals surface area contributed by atoms with Gasteiger partial charge in [-0.15, -0.1) is 5.10 Å². The third-order valence-corrected chi connectivity index (χ3v) is 2.73. The van der Waals surface area contributed by atoms with Gasteiger partial charge in [0.1, 0.15) is 0 Å². The quantitative estimate of drug-likeness (QED) is 0.630. The Morgan fingerprint density at radius 3 is 2.72 bits per heavy atom. The van der Waals surface area contributed by atoms with Crippen molar-refractivity contribution in [3.63, 3.8) is 0 Å². The van der Waals surface area contributed by atoms with E-state index in [4.69, 9.17) is 4.74 Å². The summed E-state index contributed by atoms with van der Waals surface area (Å²) in [6.07, 6.45) is 4.87. The first-order valence-electron chi connectivity index (χ1n) is 7.04. The fourth-order valence-electron chi connectivity index (χ4n) is 1.74. The van der Waals surface area contributed by atoms with Crippen molar-refractivity contribution in [1.82, 2.24) is 15.5 Å². The summed E-state index contributed by atoms with van der Waals surface area (Å²) in [5.41, 5.74) is 1.04. The van der Waals surface area contributed by atoms with Gasteiger partial charge in [-0.1, -0.05) is 26.7 Å². The van der Waals surface area contributed by atoms with E-state index in [1.54, 1.807) is 0 Å². The van der Waals surface area contributed by atoms with Crippen LogP contribution in [0, 0.1) is 12.8 Å². The maximum atomic E-state index is 5.53. The minimum absolute atomic E-state index is 0.714. The smallest absolute Gasteiger partial charge is 0.232 e. The minimum atomic E-state index is 0.714. The van der Waals surface area contributed by atoms with E-state index in [2.05, 4.69) is 29.4 Å². The van der Waals surface area contributed by atoms with E-state index >= 15 is 0 Å². The van der Waals surface area contributed by atoms with Gasteiger partial charge in [0, 0.05) is 11.8 Å². The van der Waals surface area contributed by atoms with Crippen LogP contribution in [0.5, 0.6) is 5.88 Å².